The second kappa shape index (κ2) is 7.01. The Labute approximate surface area is 180 Å². The van der Waals surface area contributed by atoms with E-state index in [0.717, 1.165) is 35.3 Å². The molecule has 3 aromatic heterocycles. The van der Waals surface area contributed by atoms with Gasteiger partial charge in [0.05, 0.1) is 23.4 Å². The van der Waals surface area contributed by atoms with Crippen molar-refractivity contribution in [3.05, 3.63) is 55.3 Å². The zero-order valence-electron chi connectivity index (χ0n) is 16.4. The number of nitrogens with zero attached hydrogens (tertiary/aromatic N) is 5. The summed E-state index contributed by atoms with van der Waals surface area (Å²) in [5, 5.41) is 1.04. The lowest BCUT2D eigenvalue weighted by Gasteiger charge is -2.14. The molecule has 0 N–H and O–H groups in total. The second-order valence-corrected chi connectivity index (χ2v) is 8.39. The highest BCUT2D eigenvalue weighted by Gasteiger charge is 2.25. The van der Waals surface area contributed by atoms with E-state index in [1.54, 1.807) is 23.6 Å². The highest BCUT2D eigenvalue weighted by Crippen LogP contribution is 2.33. The van der Waals surface area contributed by atoms with Crippen molar-refractivity contribution < 1.29 is 4.74 Å². The van der Waals surface area contributed by atoms with E-state index in [-0.39, 0.29) is 6.10 Å². The fraction of sp³-hybridized carbons (Fsp3) is 0.350. The number of rotatable bonds is 3. The van der Waals surface area contributed by atoms with Gasteiger partial charge in [-0.25, -0.2) is 4.79 Å². The largest absolute Gasteiger partial charge is 0.376 e. The number of benzene rings is 1. The zero-order chi connectivity index (χ0) is 21.2. The van der Waals surface area contributed by atoms with Crippen LogP contribution in [0.25, 0.3) is 28.2 Å². The van der Waals surface area contributed by atoms with Crippen molar-refractivity contribution in [1.82, 2.24) is 23.1 Å². The average molecular weight is 448 g/mol. The number of ether oxygens (including phenoxy) is 1. The lowest BCUT2D eigenvalue weighted by molar-refractivity contribution is 0.0981. The minimum Gasteiger partial charge on any atom is -0.376 e. The third-order valence-corrected chi connectivity index (χ3v) is 6.22. The number of halogens is 2. The first-order chi connectivity index (χ1) is 14.4. The molecule has 1 atom stereocenters. The Hall–Kier alpha value is -2.55. The van der Waals surface area contributed by atoms with Crippen molar-refractivity contribution in [1.29, 1.82) is 0 Å². The molecule has 4 aromatic rings. The summed E-state index contributed by atoms with van der Waals surface area (Å²) >= 11 is 12.6. The van der Waals surface area contributed by atoms with Gasteiger partial charge in [-0.3, -0.25) is 18.3 Å². The predicted octanol–water partition coefficient (Wildman–Crippen LogP) is 2.84. The Kier molecular flexibility index (Phi) is 4.53. The first-order valence-electron chi connectivity index (χ1n) is 9.61. The Morgan fingerprint density at radius 2 is 2.00 bits per heavy atom. The van der Waals surface area contributed by atoms with Crippen molar-refractivity contribution in [2.45, 2.75) is 25.5 Å². The third kappa shape index (κ3) is 2.82. The van der Waals surface area contributed by atoms with Crippen molar-refractivity contribution in [2.75, 3.05) is 6.61 Å². The second-order valence-electron chi connectivity index (χ2n) is 7.54. The molecular formula is C20H19Cl2N5O3. The van der Waals surface area contributed by atoms with Gasteiger partial charge in [0.2, 0.25) is 5.78 Å². The molecular weight excluding hydrogens is 429 g/mol. The Morgan fingerprint density at radius 3 is 2.70 bits per heavy atom. The molecule has 1 fully saturated rings. The molecule has 30 heavy (non-hydrogen) atoms. The average Bonchev–Trinajstić information content (AvgIpc) is 3.42. The molecule has 5 rings (SSSR count). The molecule has 1 aliphatic rings. The fourth-order valence-corrected chi connectivity index (χ4v) is 4.60. The van der Waals surface area contributed by atoms with Crippen LogP contribution >= 0.6 is 23.2 Å². The van der Waals surface area contributed by atoms with Gasteiger partial charge >= 0.3 is 5.69 Å². The molecule has 0 radical (unpaired) electrons. The summed E-state index contributed by atoms with van der Waals surface area (Å²) in [6.07, 6.45) is 3.82. The molecule has 1 aliphatic heterocycles. The highest BCUT2D eigenvalue weighted by molar-refractivity contribution is 6.36. The van der Waals surface area contributed by atoms with Gasteiger partial charge in [0, 0.05) is 37.5 Å². The quantitative estimate of drug-likeness (QED) is 0.483. The summed E-state index contributed by atoms with van der Waals surface area (Å²) in [4.78, 5) is 29.9. The Balaban J connectivity index is 1.85. The van der Waals surface area contributed by atoms with Crippen LogP contribution in [-0.2, 0) is 25.4 Å². The number of fused-ring (bicyclic) bond motifs is 3. The minimum atomic E-state index is -0.417. The van der Waals surface area contributed by atoms with E-state index < -0.39 is 11.2 Å². The van der Waals surface area contributed by atoms with E-state index in [2.05, 4.69) is 4.98 Å². The molecule has 1 aromatic carbocycles. The van der Waals surface area contributed by atoms with Crippen molar-refractivity contribution >= 4 is 40.1 Å². The van der Waals surface area contributed by atoms with E-state index >= 15 is 0 Å². The monoisotopic (exact) mass is 447 g/mol. The van der Waals surface area contributed by atoms with Gasteiger partial charge in [-0.05, 0) is 31.0 Å². The van der Waals surface area contributed by atoms with Gasteiger partial charge in [-0.15, -0.1) is 0 Å². The SMILES string of the molecule is Cn1c(=O)c2c(nc3n(C[C@H]4CCCO4)c(-c4ccc(Cl)cc4Cl)cn23)n(C)c1=O. The highest BCUT2D eigenvalue weighted by atomic mass is 35.5. The van der Waals surface area contributed by atoms with E-state index in [4.69, 9.17) is 27.9 Å². The predicted molar refractivity (Wildman–Crippen MR) is 116 cm³/mol. The summed E-state index contributed by atoms with van der Waals surface area (Å²) in [6, 6.07) is 5.31. The maximum absolute atomic E-state index is 12.9. The maximum atomic E-state index is 12.9. The molecule has 0 saturated carbocycles. The van der Waals surface area contributed by atoms with Crippen LogP contribution in [0.2, 0.25) is 10.0 Å². The number of hydrogen-bond acceptors (Lipinski definition) is 4. The number of aryl methyl sites for hydroxylation is 1. The normalized spacial score (nSPS) is 16.9. The molecule has 0 amide bonds. The van der Waals surface area contributed by atoms with Crippen LogP contribution in [0.3, 0.4) is 0 Å². The first-order valence-corrected chi connectivity index (χ1v) is 10.4. The standard InChI is InChI=1S/C20H19Cl2N5O3/c1-24-17-16(18(28)25(2)20(24)29)27-10-15(13-6-5-11(21)8-14(13)22)26(19(27)23-17)9-12-4-3-7-30-12/h5-6,8,10,12H,3-4,7,9H2,1-2H3/t12-/m1/s1. The van der Waals surface area contributed by atoms with Crippen molar-refractivity contribution in [2.24, 2.45) is 14.1 Å². The molecule has 1 saturated heterocycles. The topological polar surface area (TPSA) is 75.5 Å². The summed E-state index contributed by atoms with van der Waals surface area (Å²) in [5.74, 6) is 0.555. The summed E-state index contributed by atoms with van der Waals surface area (Å²) in [7, 11) is 3.07. The van der Waals surface area contributed by atoms with Crippen LogP contribution in [0.4, 0.5) is 0 Å². The zero-order valence-corrected chi connectivity index (χ0v) is 17.9. The maximum Gasteiger partial charge on any atom is 0.332 e. The Bertz CT molecular complexity index is 1420. The lowest BCUT2D eigenvalue weighted by Crippen LogP contribution is -2.37. The van der Waals surface area contributed by atoms with Crippen LogP contribution in [0, 0.1) is 0 Å². The summed E-state index contributed by atoms with van der Waals surface area (Å²) < 4.78 is 12.0. The van der Waals surface area contributed by atoms with Gasteiger partial charge in [0.25, 0.3) is 5.56 Å². The van der Waals surface area contributed by atoms with Gasteiger partial charge in [0.15, 0.2) is 11.2 Å². The smallest absolute Gasteiger partial charge is 0.332 e. The number of hydrogen-bond donors (Lipinski definition) is 0. The van der Waals surface area contributed by atoms with Crippen LogP contribution in [0.1, 0.15) is 12.8 Å². The molecule has 0 spiro atoms. The third-order valence-electron chi connectivity index (χ3n) is 5.67. The number of imidazole rings is 2. The number of aromatic nitrogens is 5. The van der Waals surface area contributed by atoms with E-state index in [9.17, 15) is 9.59 Å². The summed E-state index contributed by atoms with van der Waals surface area (Å²) in [5.41, 5.74) is 1.44. The molecule has 0 unspecified atom stereocenters. The van der Waals surface area contributed by atoms with Crippen LogP contribution in [0.15, 0.2) is 34.0 Å². The minimum absolute atomic E-state index is 0.0393. The van der Waals surface area contributed by atoms with Gasteiger partial charge in [-0.1, -0.05) is 23.2 Å². The lowest BCUT2D eigenvalue weighted by atomic mass is 10.1. The van der Waals surface area contributed by atoms with Crippen molar-refractivity contribution in [3.63, 3.8) is 0 Å². The molecule has 0 bridgehead atoms. The molecule has 8 nitrogen and oxygen atoms in total. The molecule has 4 heterocycles. The van der Waals surface area contributed by atoms with Gasteiger partial charge in [-0.2, -0.15) is 4.98 Å². The molecule has 0 aliphatic carbocycles. The first kappa shape index (κ1) is 19.4. The van der Waals surface area contributed by atoms with Crippen LogP contribution < -0.4 is 11.2 Å². The van der Waals surface area contributed by atoms with Crippen LogP contribution in [-0.4, -0.2) is 35.8 Å². The Morgan fingerprint density at radius 1 is 1.20 bits per heavy atom. The van der Waals surface area contributed by atoms with Gasteiger partial charge < -0.3 is 9.30 Å². The molecule has 156 valence electrons. The fourth-order valence-electron chi connectivity index (χ4n) is 4.10. The van der Waals surface area contributed by atoms with Crippen LogP contribution in [0.5, 0.6) is 0 Å². The summed E-state index contributed by atoms with van der Waals surface area (Å²) in [6.45, 7) is 1.28. The van der Waals surface area contributed by atoms with E-state index in [0.29, 0.717) is 33.5 Å². The van der Waals surface area contributed by atoms with E-state index in [1.165, 1.54) is 11.6 Å². The van der Waals surface area contributed by atoms with Crippen molar-refractivity contribution in [3.8, 4) is 11.3 Å². The van der Waals surface area contributed by atoms with Gasteiger partial charge in [0.1, 0.15) is 0 Å². The molecule has 10 heteroatoms. The van der Waals surface area contributed by atoms with E-state index in [1.807, 2.05) is 16.8 Å².